The Labute approximate surface area is 151 Å². The van der Waals surface area contributed by atoms with E-state index in [4.69, 9.17) is 5.73 Å². The van der Waals surface area contributed by atoms with Gasteiger partial charge in [0.2, 0.25) is 11.8 Å². The van der Waals surface area contributed by atoms with E-state index < -0.39 is 23.6 Å². The first-order valence-corrected chi connectivity index (χ1v) is 7.93. The summed E-state index contributed by atoms with van der Waals surface area (Å²) in [6.45, 7) is 0. The van der Waals surface area contributed by atoms with Crippen LogP contribution in [0, 0.1) is 0 Å². The van der Waals surface area contributed by atoms with Gasteiger partial charge in [0.15, 0.2) is 0 Å². The summed E-state index contributed by atoms with van der Waals surface area (Å²) in [5, 5.41) is 2.69. The van der Waals surface area contributed by atoms with Crippen molar-refractivity contribution in [2.24, 2.45) is 5.73 Å². The molecule has 0 aliphatic carbocycles. The molecule has 6 nitrogen and oxygen atoms in total. The molecule has 140 valence electrons. The summed E-state index contributed by atoms with van der Waals surface area (Å²) in [5.41, 5.74) is 5.84. The van der Waals surface area contributed by atoms with Crippen LogP contribution >= 0.6 is 0 Å². The lowest BCUT2D eigenvalue weighted by Crippen LogP contribution is -2.16. The van der Waals surface area contributed by atoms with Gasteiger partial charge in [-0.05, 0) is 29.8 Å². The Hall–Kier alpha value is -3.36. The van der Waals surface area contributed by atoms with E-state index in [0.29, 0.717) is 22.7 Å². The average Bonchev–Trinajstić information content (AvgIpc) is 2.97. The van der Waals surface area contributed by atoms with Gasteiger partial charge in [-0.2, -0.15) is 13.2 Å². The Kier molecular flexibility index (Phi) is 4.85. The molecule has 0 saturated heterocycles. The number of amides is 2. The molecular weight excluding hydrogens is 361 g/mol. The van der Waals surface area contributed by atoms with Gasteiger partial charge in [0, 0.05) is 6.20 Å². The lowest BCUT2D eigenvalue weighted by molar-refractivity contribution is -0.137. The molecule has 0 spiro atoms. The molecule has 0 saturated carbocycles. The van der Waals surface area contributed by atoms with E-state index in [9.17, 15) is 22.8 Å². The van der Waals surface area contributed by atoms with Gasteiger partial charge in [-0.1, -0.05) is 18.2 Å². The molecule has 2 heterocycles. The minimum atomic E-state index is -4.42. The van der Waals surface area contributed by atoms with Gasteiger partial charge < -0.3 is 11.1 Å². The van der Waals surface area contributed by atoms with Crippen molar-refractivity contribution in [3.8, 4) is 0 Å². The van der Waals surface area contributed by atoms with E-state index in [1.165, 1.54) is 12.1 Å². The van der Waals surface area contributed by atoms with Crippen molar-refractivity contribution in [3.05, 3.63) is 65.5 Å². The fourth-order valence-corrected chi connectivity index (χ4v) is 2.61. The third kappa shape index (κ3) is 4.43. The summed E-state index contributed by atoms with van der Waals surface area (Å²) in [4.78, 5) is 27.5. The second-order valence-electron chi connectivity index (χ2n) is 5.93. The number of imidazole rings is 1. The van der Waals surface area contributed by atoms with E-state index in [0.717, 1.165) is 12.1 Å². The number of hydrogen-bond acceptors (Lipinski definition) is 3. The highest BCUT2D eigenvalue weighted by Crippen LogP contribution is 2.29. The fourth-order valence-electron chi connectivity index (χ4n) is 2.61. The van der Waals surface area contributed by atoms with Crippen LogP contribution in [0.4, 0.5) is 19.0 Å². The average molecular weight is 376 g/mol. The topological polar surface area (TPSA) is 89.5 Å². The molecule has 2 aromatic heterocycles. The Morgan fingerprint density at radius 3 is 2.41 bits per heavy atom. The molecule has 0 aliphatic heterocycles. The zero-order chi connectivity index (χ0) is 19.6. The number of primary amides is 1. The number of halogens is 3. The molecule has 0 atom stereocenters. The Bertz CT molecular complexity index is 994. The predicted molar refractivity (Wildman–Crippen MR) is 91.9 cm³/mol. The molecule has 3 rings (SSSR count). The number of benzene rings is 1. The number of carbonyl (C=O) groups excluding carboxylic acids is 2. The number of rotatable bonds is 5. The quantitative estimate of drug-likeness (QED) is 0.717. The lowest BCUT2D eigenvalue weighted by atomic mass is 10.1. The van der Waals surface area contributed by atoms with Gasteiger partial charge in [-0.25, -0.2) is 4.98 Å². The van der Waals surface area contributed by atoms with Crippen LogP contribution in [0.2, 0.25) is 0 Å². The third-order valence-electron chi connectivity index (χ3n) is 3.81. The number of anilines is 1. The molecule has 2 amide bonds. The molecule has 1 aromatic carbocycles. The summed E-state index contributed by atoms with van der Waals surface area (Å²) < 4.78 is 39.3. The standard InChI is InChI=1S/C18H15F3N4O2/c19-18(20,21)12-6-4-11(5-7-12)8-17(27)24-16-3-1-2-15-23-13(9-14(22)26)10-25(15)16/h1-7,10H,8-9H2,(H2,22,26)(H,24,27). The van der Waals surface area contributed by atoms with Crippen LogP contribution in [-0.2, 0) is 28.6 Å². The molecule has 3 N–H and O–H groups in total. The number of pyridine rings is 1. The molecule has 0 bridgehead atoms. The van der Waals surface area contributed by atoms with Crippen LogP contribution in [-0.4, -0.2) is 21.2 Å². The Morgan fingerprint density at radius 1 is 1.07 bits per heavy atom. The zero-order valence-electron chi connectivity index (χ0n) is 14.0. The number of nitrogens with zero attached hydrogens (tertiary/aromatic N) is 2. The maximum Gasteiger partial charge on any atom is 0.416 e. The number of nitrogens with one attached hydrogen (secondary N) is 1. The van der Waals surface area contributed by atoms with E-state index in [2.05, 4.69) is 10.3 Å². The molecule has 27 heavy (non-hydrogen) atoms. The second kappa shape index (κ2) is 7.10. The molecule has 0 unspecified atom stereocenters. The van der Waals surface area contributed by atoms with Gasteiger partial charge in [0.1, 0.15) is 11.5 Å². The first-order valence-electron chi connectivity index (χ1n) is 7.93. The summed E-state index contributed by atoms with van der Waals surface area (Å²) >= 11 is 0. The van der Waals surface area contributed by atoms with Gasteiger partial charge in [-0.15, -0.1) is 0 Å². The number of hydrogen-bond donors (Lipinski definition) is 2. The van der Waals surface area contributed by atoms with E-state index in [1.54, 1.807) is 28.8 Å². The van der Waals surface area contributed by atoms with Crippen LogP contribution in [0.15, 0.2) is 48.7 Å². The number of fused-ring (bicyclic) bond motifs is 1. The van der Waals surface area contributed by atoms with Gasteiger partial charge in [-0.3, -0.25) is 14.0 Å². The maximum atomic E-state index is 12.6. The summed E-state index contributed by atoms with van der Waals surface area (Å²) in [6, 6.07) is 9.45. The largest absolute Gasteiger partial charge is 0.416 e. The van der Waals surface area contributed by atoms with Gasteiger partial charge in [0.05, 0.1) is 24.1 Å². The third-order valence-corrected chi connectivity index (χ3v) is 3.81. The van der Waals surface area contributed by atoms with Crippen molar-refractivity contribution in [3.63, 3.8) is 0 Å². The van der Waals surface area contributed by atoms with Crippen LogP contribution < -0.4 is 11.1 Å². The minimum absolute atomic E-state index is 0.0272. The number of aromatic nitrogens is 2. The maximum absolute atomic E-state index is 12.6. The number of carbonyl (C=O) groups is 2. The lowest BCUT2D eigenvalue weighted by Gasteiger charge is -2.09. The Morgan fingerprint density at radius 2 is 1.78 bits per heavy atom. The SMILES string of the molecule is NC(=O)Cc1cn2c(NC(=O)Cc3ccc(C(F)(F)F)cc3)cccc2n1. The van der Waals surface area contributed by atoms with Crippen molar-refractivity contribution in [1.82, 2.24) is 9.38 Å². The van der Waals surface area contributed by atoms with Crippen LogP contribution in [0.1, 0.15) is 16.8 Å². The number of nitrogens with two attached hydrogens (primary N) is 1. The highest BCUT2D eigenvalue weighted by molar-refractivity contribution is 5.91. The molecule has 0 aliphatic rings. The monoisotopic (exact) mass is 376 g/mol. The van der Waals surface area contributed by atoms with Crippen LogP contribution in [0.25, 0.3) is 5.65 Å². The smallest absolute Gasteiger partial charge is 0.369 e. The zero-order valence-corrected chi connectivity index (χ0v) is 14.0. The first-order chi connectivity index (χ1) is 12.7. The molecular formula is C18H15F3N4O2. The van der Waals surface area contributed by atoms with E-state index in [1.807, 2.05) is 0 Å². The van der Waals surface area contributed by atoms with E-state index >= 15 is 0 Å². The van der Waals surface area contributed by atoms with Crippen molar-refractivity contribution in [2.75, 3.05) is 5.32 Å². The van der Waals surface area contributed by atoms with Crippen LogP contribution in [0.3, 0.4) is 0 Å². The van der Waals surface area contributed by atoms with Crippen molar-refractivity contribution in [1.29, 1.82) is 0 Å². The van der Waals surface area contributed by atoms with Crippen molar-refractivity contribution in [2.45, 2.75) is 19.0 Å². The van der Waals surface area contributed by atoms with Crippen molar-refractivity contribution >= 4 is 23.3 Å². The second-order valence-corrected chi connectivity index (χ2v) is 5.93. The summed E-state index contributed by atoms with van der Waals surface area (Å²) in [5.74, 6) is -0.494. The van der Waals surface area contributed by atoms with E-state index in [-0.39, 0.29) is 12.8 Å². The minimum Gasteiger partial charge on any atom is -0.369 e. The summed E-state index contributed by atoms with van der Waals surface area (Å²) in [6.07, 6.45) is -2.94. The van der Waals surface area contributed by atoms with Gasteiger partial charge in [0.25, 0.3) is 0 Å². The van der Waals surface area contributed by atoms with Crippen molar-refractivity contribution < 1.29 is 22.8 Å². The molecule has 3 aromatic rings. The molecule has 0 radical (unpaired) electrons. The normalized spacial score (nSPS) is 11.5. The summed E-state index contributed by atoms with van der Waals surface area (Å²) in [7, 11) is 0. The first kappa shape index (κ1) is 18.4. The molecule has 0 fully saturated rings. The number of alkyl halides is 3. The Balaban J connectivity index is 1.74. The fraction of sp³-hybridized carbons (Fsp3) is 0.167. The van der Waals surface area contributed by atoms with Gasteiger partial charge >= 0.3 is 6.18 Å². The van der Waals surface area contributed by atoms with Crippen LogP contribution in [0.5, 0.6) is 0 Å². The highest BCUT2D eigenvalue weighted by atomic mass is 19.4. The highest BCUT2D eigenvalue weighted by Gasteiger charge is 2.29. The molecule has 9 heteroatoms. The predicted octanol–water partition coefficient (Wildman–Crippen LogP) is 2.56.